The van der Waals surface area contributed by atoms with Crippen molar-refractivity contribution in [2.45, 2.75) is 39.2 Å². The topological polar surface area (TPSA) is 58.6 Å². The van der Waals surface area contributed by atoms with Crippen molar-refractivity contribution in [2.75, 3.05) is 25.0 Å². The number of nitrogens with one attached hydrogen (secondary N) is 1. The Bertz CT molecular complexity index is 902. The molecule has 1 fully saturated rings. The molecule has 0 aliphatic carbocycles. The number of anilines is 1. The molecule has 0 aromatic heterocycles. The molecule has 7 heteroatoms. The zero-order valence-corrected chi connectivity index (χ0v) is 19.2. The maximum absolute atomic E-state index is 12.8. The predicted molar refractivity (Wildman–Crippen MR) is 125 cm³/mol. The molecule has 2 aromatic carbocycles. The first-order chi connectivity index (χ1) is 15.0. The Morgan fingerprint density at radius 3 is 2.65 bits per heavy atom. The molecular weight excluding hydrogens is 435 g/mol. The average molecular weight is 463 g/mol. The summed E-state index contributed by atoms with van der Waals surface area (Å²) in [4.78, 5) is 27.0. The number of hydrogen-bond acceptors (Lipinski definition) is 4. The van der Waals surface area contributed by atoms with Gasteiger partial charge in [0.1, 0.15) is 0 Å². The molecule has 1 aliphatic rings. The van der Waals surface area contributed by atoms with Crippen molar-refractivity contribution in [3.63, 3.8) is 0 Å². The first-order valence-electron chi connectivity index (χ1n) is 10.7. The van der Waals surface area contributed by atoms with E-state index in [0.717, 1.165) is 37.8 Å². The summed E-state index contributed by atoms with van der Waals surface area (Å²) in [6.07, 6.45) is 3.62. The molecule has 0 spiro atoms. The van der Waals surface area contributed by atoms with Crippen molar-refractivity contribution >= 4 is 40.8 Å². The number of likely N-dealkylation sites (tertiary alicyclic amines) is 1. The molecule has 0 bridgehead atoms. The summed E-state index contributed by atoms with van der Waals surface area (Å²) in [5, 5.41) is 4.23. The largest absolute Gasteiger partial charge is 0.462 e. The van der Waals surface area contributed by atoms with Crippen LogP contribution in [0.25, 0.3) is 0 Å². The molecule has 2 aromatic rings. The van der Waals surface area contributed by atoms with E-state index in [1.807, 2.05) is 19.1 Å². The van der Waals surface area contributed by atoms with Crippen LogP contribution in [0.2, 0.25) is 10.0 Å². The number of benzene rings is 2. The van der Waals surface area contributed by atoms with Crippen LogP contribution < -0.4 is 5.32 Å². The number of halogens is 2. The fraction of sp³-hybridized carbons (Fsp3) is 0.417. The highest BCUT2D eigenvalue weighted by atomic mass is 35.5. The fourth-order valence-electron chi connectivity index (χ4n) is 3.63. The Morgan fingerprint density at radius 1 is 1.16 bits per heavy atom. The van der Waals surface area contributed by atoms with Gasteiger partial charge in [-0.2, -0.15) is 0 Å². The zero-order valence-electron chi connectivity index (χ0n) is 17.7. The highest BCUT2D eigenvalue weighted by Crippen LogP contribution is 2.25. The number of nitrogens with zero attached hydrogens (tertiary/aromatic N) is 1. The number of hydrogen-bond donors (Lipinski definition) is 1. The van der Waals surface area contributed by atoms with Gasteiger partial charge in [0.05, 0.1) is 18.1 Å². The molecule has 166 valence electrons. The van der Waals surface area contributed by atoms with E-state index in [4.69, 9.17) is 27.9 Å². The van der Waals surface area contributed by atoms with Crippen LogP contribution in [-0.4, -0.2) is 36.5 Å². The summed E-state index contributed by atoms with van der Waals surface area (Å²) in [6, 6.07) is 12.4. The van der Waals surface area contributed by atoms with Crippen LogP contribution in [0.15, 0.2) is 42.5 Å². The van der Waals surface area contributed by atoms with Crippen LogP contribution >= 0.6 is 23.2 Å². The molecule has 0 saturated carbocycles. The van der Waals surface area contributed by atoms with Gasteiger partial charge in [0.25, 0.3) is 0 Å². The molecule has 31 heavy (non-hydrogen) atoms. The first-order valence-corrected chi connectivity index (χ1v) is 11.5. The second-order valence-electron chi connectivity index (χ2n) is 7.87. The van der Waals surface area contributed by atoms with Gasteiger partial charge >= 0.3 is 5.97 Å². The highest BCUT2D eigenvalue weighted by Gasteiger charge is 2.26. The van der Waals surface area contributed by atoms with Crippen molar-refractivity contribution in [2.24, 2.45) is 5.92 Å². The van der Waals surface area contributed by atoms with Crippen molar-refractivity contribution in [1.82, 2.24) is 4.90 Å². The third kappa shape index (κ3) is 6.96. The zero-order chi connectivity index (χ0) is 22.2. The summed E-state index contributed by atoms with van der Waals surface area (Å²) in [5.41, 5.74) is 2.17. The third-order valence-corrected chi connectivity index (χ3v) is 5.99. The van der Waals surface area contributed by atoms with Crippen LogP contribution in [0.1, 0.15) is 48.5 Å². The normalized spacial score (nSPS) is 16.7. The predicted octanol–water partition coefficient (Wildman–Crippen LogP) is 5.80. The van der Waals surface area contributed by atoms with Crippen molar-refractivity contribution < 1.29 is 14.3 Å². The SMILES string of the molecule is CCCCOC(=O)c1ccc(NC(=O)C2CCCN(Cc3ccc(Cl)cc3Cl)C2)cc1. The minimum atomic E-state index is -0.338. The molecule has 5 nitrogen and oxygen atoms in total. The van der Waals surface area contributed by atoms with Crippen LogP contribution in [0, 0.1) is 5.92 Å². The summed E-state index contributed by atoms with van der Waals surface area (Å²) in [7, 11) is 0. The van der Waals surface area contributed by atoms with Gasteiger partial charge in [-0.3, -0.25) is 9.69 Å². The van der Waals surface area contributed by atoms with E-state index in [1.165, 1.54) is 0 Å². The van der Waals surface area contributed by atoms with E-state index in [2.05, 4.69) is 10.2 Å². The lowest BCUT2D eigenvalue weighted by Gasteiger charge is -2.32. The Hall–Kier alpha value is -2.08. The van der Waals surface area contributed by atoms with Gasteiger partial charge in [-0.15, -0.1) is 0 Å². The van der Waals surface area contributed by atoms with E-state index in [0.29, 0.717) is 41.0 Å². The molecule has 1 N–H and O–H groups in total. The molecule has 1 unspecified atom stereocenters. The molecule has 1 atom stereocenters. The van der Waals surface area contributed by atoms with E-state index >= 15 is 0 Å². The number of unbranched alkanes of at least 4 members (excludes halogenated alkanes) is 1. The first kappa shape index (κ1) is 23.6. The Morgan fingerprint density at radius 2 is 1.94 bits per heavy atom. The molecule has 1 heterocycles. The number of ether oxygens (including phenoxy) is 1. The van der Waals surface area contributed by atoms with E-state index in [-0.39, 0.29) is 17.8 Å². The molecule has 0 radical (unpaired) electrons. The van der Waals surface area contributed by atoms with Gasteiger partial charge in [0, 0.05) is 28.8 Å². The summed E-state index contributed by atoms with van der Waals surface area (Å²) in [6.45, 7) is 4.76. The van der Waals surface area contributed by atoms with E-state index < -0.39 is 0 Å². The Balaban J connectivity index is 1.53. The van der Waals surface area contributed by atoms with E-state index in [9.17, 15) is 9.59 Å². The third-order valence-electron chi connectivity index (χ3n) is 5.40. The lowest BCUT2D eigenvalue weighted by atomic mass is 9.96. The molecular formula is C24H28Cl2N2O3. The van der Waals surface area contributed by atoms with Crippen molar-refractivity contribution in [3.8, 4) is 0 Å². The number of carbonyl (C=O) groups is 2. The van der Waals surface area contributed by atoms with Crippen molar-refractivity contribution in [3.05, 3.63) is 63.6 Å². The molecule has 3 rings (SSSR count). The second-order valence-corrected chi connectivity index (χ2v) is 8.71. The van der Waals surface area contributed by atoms with Crippen molar-refractivity contribution in [1.29, 1.82) is 0 Å². The van der Waals surface area contributed by atoms with Gasteiger partial charge in [-0.25, -0.2) is 4.79 Å². The van der Waals surface area contributed by atoms with Crippen LogP contribution in [0.5, 0.6) is 0 Å². The highest BCUT2D eigenvalue weighted by molar-refractivity contribution is 6.35. The maximum Gasteiger partial charge on any atom is 0.338 e. The minimum Gasteiger partial charge on any atom is -0.462 e. The second kappa shape index (κ2) is 11.5. The monoisotopic (exact) mass is 462 g/mol. The van der Waals surface area contributed by atoms with Gasteiger partial charge in [0.15, 0.2) is 0 Å². The quantitative estimate of drug-likeness (QED) is 0.397. The van der Waals surface area contributed by atoms with Gasteiger partial charge in [0.2, 0.25) is 5.91 Å². The fourth-order valence-corrected chi connectivity index (χ4v) is 4.10. The smallest absolute Gasteiger partial charge is 0.338 e. The number of amides is 1. The summed E-state index contributed by atoms with van der Waals surface area (Å²) in [5.74, 6) is -0.446. The van der Waals surface area contributed by atoms with Crippen LogP contribution in [0.3, 0.4) is 0 Å². The Labute approximate surface area is 193 Å². The van der Waals surface area contributed by atoms with Crippen LogP contribution in [0.4, 0.5) is 5.69 Å². The molecule has 1 amide bonds. The van der Waals surface area contributed by atoms with Gasteiger partial charge in [-0.05, 0) is 67.8 Å². The number of esters is 1. The number of rotatable bonds is 8. The minimum absolute atomic E-state index is 0.00910. The summed E-state index contributed by atoms with van der Waals surface area (Å²) >= 11 is 12.3. The number of piperidine rings is 1. The lowest BCUT2D eigenvalue weighted by Crippen LogP contribution is -2.40. The molecule has 1 aliphatic heterocycles. The lowest BCUT2D eigenvalue weighted by molar-refractivity contribution is -0.121. The molecule has 1 saturated heterocycles. The van der Waals surface area contributed by atoms with Gasteiger partial charge in [-0.1, -0.05) is 42.6 Å². The Kier molecular flexibility index (Phi) is 8.76. The summed E-state index contributed by atoms with van der Waals surface area (Å²) < 4.78 is 5.21. The van der Waals surface area contributed by atoms with E-state index in [1.54, 1.807) is 30.3 Å². The maximum atomic E-state index is 12.8. The average Bonchev–Trinajstić information content (AvgIpc) is 2.76. The van der Waals surface area contributed by atoms with Crippen LogP contribution in [-0.2, 0) is 16.1 Å². The van der Waals surface area contributed by atoms with Gasteiger partial charge < -0.3 is 10.1 Å². The standard InChI is InChI=1S/C24H28Cl2N2O3/c1-2-3-13-31-24(30)17-7-10-21(11-8-17)27-23(29)19-5-4-12-28(16-19)15-18-6-9-20(25)14-22(18)26/h6-11,14,19H,2-5,12-13,15-16H2,1H3,(H,27,29). The number of carbonyl (C=O) groups excluding carboxylic acids is 2.